The number of hydrogen-bond donors (Lipinski definition) is 1. The van der Waals surface area contributed by atoms with E-state index in [9.17, 15) is 0 Å². The molecule has 20 heavy (non-hydrogen) atoms. The van der Waals surface area contributed by atoms with E-state index in [2.05, 4.69) is 50.4 Å². The van der Waals surface area contributed by atoms with Crippen LogP contribution in [0.2, 0.25) is 0 Å². The van der Waals surface area contributed by atoms with Gasteiger partial charge in [-0.05, 0) is 42.4 Å². The Morgan fingerprint density at radius 2 is 1.95 bits per heavy atom. The van der Waals surface area contributed by atoms with Crippen LogP contribution in [0.3, 0.4) is 0 Å². The largest absolute Gasteiger partial charge is 0.494 e. The first-order valence-corrected chi connectivity index (χ1v) is 8.07. The van der Waals surface area contributed by atoms with Crippen LogP contribution in [0.25, 0.3) is 0 Å². The molecule has 0 amide bonds. The maximum Gasteiger partial charge on any atom is 0.119 e. The zero-order valence-corrected chi connectivity index (χ0v) is 13.2. The van der Waals surface area contributed by atoms with Gasteiger partial charge in [0.1, 0.15) is 5.75 Å². The molecule has 0 spiro atoms. The van der Waals surface area contributed by atoms with Crippen molar-refractivity contribution in [2.45, 2.75) is 65.5 Å². The van der Waals surface area contributed by atoms with Crippen LogP contribution in [0, 0.1) is 5.41 Å². The van der Waals surface area contributed by atoms with Crippen molar-refractivity contribution in [3.05, 3.63) is 29.8 Å². The van der Waals surface area contributed by atoms with Crippen molar-refractivity contribution < 1.29 is 4.74 Å². The van der Waals surface area contributed by atoms with Gasteiger partial charge in [0.15, 0.2) is 0 Å². The van der Waals surface area contributed by atoms with Gasteiger partial charge >= 0.3 is 0 Å². The Kier molecular flexibility index (Phi) is 5.47. The molecule has 1 aromatic rings. The summed E-state index contributed by atoms with van der Waals surface area (Å²) < 4.78 is 5.62. The normalized spacial score (nSPS) is 21.6. The zero-order chi connectivity index (χ0) is 14.4. The lowest BCUT2D eigenvalue weighted by Crippen LogP contribution is -2.43. The molecule has 2 nitrogen and oxygen atoms in total. The van der Waals surface area contributed by atoms with Crippen LogP contribution in [-0.2, 0) is 6.54 Å². The Balaban J connectivity index is 1.84. The molecule has 0 aromatic heterocycles. The van der Waals surface area contributed by atoms with E-state index >= 15 is 0 Å². The van der Waals surface area contributed by atoms with Crippen LogP contribution in [0.15, 0.2) is 24.3 Å². The molecule has 0 aliphatic heterocycles. The smallest absolute Gasteiger partial charge is 0.119 e. The lowest BCUT2D eigenvalue weighted by molar-refractivity contribution is 0.167. The average Bonchev–Trinajstić information content (AvgIpc) is 2.45. The van der Waals surface area contributed by atoms with Crippen molar-refractivity contribution in [2.75, 3.05) is 6.61 Å². The van der Waals surface area contributed by atoms with Gasteiger partial charge in [-0.2, -0.15) is 0 Å². The van der Waals surface area contributed by atoms with Crippen molar-refractivity contribution in [3.63, 3.8) is 0 Å². The van der Waals surface area contributed by atoms with Gasteiger partial charge < -0.3 is 10.1 Å². The average molecular weight is 275 g/mol. The summed E-state index contributed by atoms with van der Waals surface area (Å²) in [5.41, 5.74) is 1.78. The summed E-state index contributed by atoms with van der Waals surface area (Å²) in [4.78, 5) is 0. The molecule has 0 saturated heterocycles. The lowest BCUT2D eigenvalue weighted by atomic mass is 9.73. The highest BCUT2D eigenvalue weighted by Crippen LogP contribution is 2.35. The monoisotopic (exact) mass is 275 g/mol. The van der Waals surface area contributed by atoms with Gasteiger partial charge in [0.05, 0.1) is 6.61 Å². The fourth-order valence-electron chi connectivity index (χ4n) is 3.04. The van der Waals surface area contributed by atoms with E-state index in [0.717, 1.165) is 25.3 Å². The maximum absolute atomic E-state index is 5.62. The second kappa shape index (κ2) is 7.12. The Labute approximate surface area is 123 Å². The Bertz CT molecular complexity index is 396. The summed E-state index contributed by atoms with van der Waals surface area (Å²) in [6.07, 6.45) is 6.46. The minimum atomic E-state index is 0.433. The van der Waals surface area contributed by atoms with Gasteiger partial charge in [0.25, 0.3) is 0 Å². The van der Waals surface area contributed by atoms with Gasteiger partial charge in [0, 0.05) is 12.6 Å². The molecule has 2 heteroatoms. The highest BCUT2D eigenvalue weighted by molar-refractivity contribution is 5.27. The molecular weight excluding hydrogens is 246 g/mol. The fourth-order valence-corrected chi connectivity index (χ4v) is 3.04. The number of ether oxygens (including phenoxy) is 1. The molecule has 0 bridgehead atoms. The third kappa shape index (κ3) is 4.24. The minimum absolute atomic E-state index is 0.433. The maximum atomic E-state index is 5.62. The molecule has 0 radical (unpaired) electrons. The van der Waals surface area contributed by atoms with Crippen molar-refractivity contribution in [2.24, 2.45) is 5.41 Å². The third-order valence-electron chi connectivity index (χ3n) is 4.46. The van der Waals surface area contributed by atoms with E-state index < -0.39 is 0 Å². The molecule has 1 aliphatic rings. The van der Waals surface area contributed by atoms with Crippen LogP contribution in [-0.4, -0.2) is 12.6 Å². The van der Waals surface area contributed by atoms with E-state index in [4.69, 9.17) is 4.74 Å². The molecule has 1 fully saturated rings. The molecular formula is C18H29NO. The topological polar surface area (TPSA) is 21.3 Å². The first kappa shape index (κ1) is 15.4. The molecule has 1 aliphatic carbocycles. The summed E-state index contributed by atoms with van der Waals surface area (Å²) in [5.74, 6) is 0.980. The van der Waals surface area contributed by atoms with Crippen molar-refractivity contribution in [1.29, 1.82) is 0 Å². The van der Waals surface area contributed by atoms with Gasteiger partial charge in [0.2, 0.25) is 0 Å². The summed E-state index contributed by atoms with van der Waals surface area (Å²) >= 11 is 0. The predicted octanol–water partition coefficient (Wildman–Crippen LogP) is 4.53. The molecule has 0 heterocycles. The van der Waals surface area contributed by atoms with Crippen molar-refractivity contribution >= 4 is 0 Å². The molecule has 1 atom stereocenters. The van der Waals surface area contributed by atoms with Crippen LogP contribution >= 0.6 is 0 Å². The lowest BCUT2D eigenvalue weighted by Gasteiger charge is -2.39. The number of rotatable bonds is 6. The number of nitrogens with one attached hydrogen (secondary N) is 1. The van der Waals surface area contributed by atoms with Crippen LogP contribution < -0.4 is 10.1 Å². The van der Waals surface area contributed by atoms with Gasteiger partial charge in [-0.25, -0.2) is 0 Å². The highest BCUT2D eigenvalue weighted by atomic mass is 16.5. The van der Waals surface area contributed by atoms with E-state index in [0.29, 0.717) is 11.5 Å². The van der Waals surface area contributed by atoms with Crippen molar-refractivity contribution in [1.82, 2.24) is 5.32 Å². The van der Waals surface area contributed by atoms with Crippen LogP contribution in [0.4, 0.5) is 0 Å². The fraction of sp³-hybridized carbons (Fsp3) is 0.667. The van der Waals surface area contributed by atoms with Crippen LogP contribution in [0.1, 0.15) is 58.4 Å². The van der Waals surface area contributed by atoms with E-state index in [1.54, 1.807) is 0 Å². The molecule has 1 saturated carbocycles. The van der Waals surface area contributed by atoms with Gasteiger partial charge in [-0.1, -0.05) is 45.7 Å². The molecule has 1 unspecified atom stereocenters. The number of hydrogen-bond acceptors (Lipinski definition) is 2. The Hall–Kier alpha value is -1.02. The first-order chi connectivity index (χ1) is 9.62. The molecule has 1 aromatic carbocycles. The first-order valence-electron chi connectivity index (χ1n) is 8.07. The summed E-state index contributed by atoms with van der Waals surface area (Å²) in [6.45, 7) is 8.68. The Morgan fingerprint density at radius 3 is 2.60 bits per heavy atom. The predicted molar refractivity (Wildman–Crippen MR) is 85.1 cm³/mol. The summed E-state index contributed by atoms with van der Waals surface area (Å²) in [6, 6.07) is 9.16. The highest BCUT2D eigenvalue weighted by Gasteiger charge is 2.31. The molecule has 112 valence electrons. The van der Waals surface area contributed by atoms with Crippen molar-refractivity contribution in [3.8, 4) is 5.75 Å². The molecule has 2 rings (SSSR count). The zero-order valence-electron chi connectivity index (χ0n) is 13.2. The van der Waals surface area contributed by atoms with E-state index in [-0.39, 0.29) is 0 Å². The minimum Gasteiger partial charge on any atom is -0.494 e. The Morgan fingerprint density at radius 1 is 1.20 bits per heavy atom. The third-order valence-corrected chi connectivity index (χ3v) is 4.46. The van der Waals surface area contributed by atoms with Gasteiger partial charge in [-0.3, -0.25) is 0 Å². The van der Waals surface area contributed by atoms with Gasteiger partial charge in [-0.15, -0.1) is 0 Å². The number of benzene rings is 1. The second-order valence-corrected chi connectivity index (χ2v) is 6.66. The quantitative estimate of drug-likeness (QED) is 0.823. The van der Waals surface area contributed by atoms with E-state index in [1.807, 2.05) is 0 Å². The second-order valence-electron chi connectivity index (χ2n) is 6.66. The standard InChI is InChI=1S/C18H29NO/c1-4-13-20-16-10-8-15(9-11-16)14-19-17-7-5-6-12-18(17,2)3/h8-11,17,19H,4-7,12-14H2,1-3H3. The SMILES string of the molecule is CCCOc1ccc(CNC2CCCCC2(C)C)cc1. The molecule has 1 N–H and O–H groups in total. The van der Waals surface area contributed by atoms with Crippen LogP contribution in [0.5, 0.6) is 5.75 Å². The van der Waals surface area contributed by atoms with E-state index in [1.165, 1.54) is 31.2 Å². The summed E-state index contributed by atoms with van der Waals surface area (Å²) in [7, 11) is 0. The summed E-state index contributed by atoms with van der Waals surface area (Å²) in [5, 5.41) is 3.75.